The normalized spacial score (nSPS) is 29.9. The van der Waals surface area contributed by atoms with Gasteiger partial charge < -0.3 is 10.2 Å². The van der Waals surface area contributed by atoms with E-state index in [1.807, 2.05) is 6.07 Å². The molecule has 0 bridgehead atoms. The van der Waals surface area contributed by atoms with Crippen molar-refractivity contribution in [3.05, 3.63) is 35.4 Å². The smallest absolute Gasteiger partial charge is 0.231 e. The Morgan fingerprint density at radius 3 is 2.65 bits per heavy atom. The van der Waals surface area contributed by atoms with Gasteiger partial charge in [-0.25, -0.2) is 0 Å². The minimum atomic E-state index is -0.0112. The molecule has 3 nitrogen and oxygen atoms in total. The Morgan fingerprint density at radius 2 is 1.90 bits per heavy atom. The quantitative estimate of drug-likeness (QED) is 0.852. The van der Waals surface area contributed by atoms with Gasteiger partial charge >= 0.3 is 0 Å². The first-order valence-corrected chi connectivity index (χ1v) is 7.79. The molecule has 2 heterocycles. The lowest BCUT2D eigenvalue weighted by Crippen LogP contribution is -2.51. The van der Waals surface area contributed by atoms with Crippen LogP contribution in [-0.4, -0.2) is 29.4 Å². The molecule has 2 aliphatic heterocycles. The van der Waals surface area contributed by atoms with Crippen molar-refractivity contribution in [1.29, 1.82) is 0 Å². The van der Waals surface area contributed by atoms with E-state index in [9.17, 15) is 4.79 Å². The number of rotatable bonds is 1. The molecule has 0 spiro atoms. The van der Waals surface area contributed by atoms with Crippen molar-refractivity contribution in [2.24, 2.45) is 0 Å². The van der Waals surface area contributed by atoms with Crippen LogP contribution < -0.4 is 5.32 Å². The van der Waals surface area contributed by atoms with Gasteiger partial charge in [0.05, 0.1) is 5.92 Å². The molecule has 20 heavy (non-hydrogen) atoms. The van der Waals surface area contributed by atoms with Crippen molar-refractivity contribution in [3.8, 4) is 0 Å². The molecule has 1 aromatic carbocycles. The first-order valence-electron chi connectivity index (χ1n) is 7.79. The summed E-state index contributed by atoms with van der Waals surface area (Å²) >= 11 is 0. The van der Waals surface area contributed by atoms with Gasteiger partial charge in [0.25, 0.3) is 0 Å². The van der Waals surface area contributed by atoms with Gasteiger partial charge in [0.1, 0.15) is 0 Å². The predicted octanol–water partition coefficient (Wildman–Crippen LogP) is 2.66. The third kappa shape index (κ3) is 2.35. The predicted molar refractivity (Wildman–Crippen MR) is 80.5 cm³/mol. The number of hydrogen-bond donors (Lipinski definition) is 1. The van der Waals surface area contributed by atoms with Gasteiger partial charge in [0.2, 0.25) is 5.91 Å². The minimum Gasteiger partial charge on any atom is -0.337 e. The summed E-state index contributed by atoms with van der Waals surface area (Å²) in [5, 5.41) is 3.39. The second kappa shape index (κ2) is 5.57. The molecule has 1 aromatic rings. The lowest BCUT2D eigenvalue weighted by Gasteiger charge is -2.42. The van der Waals surface area contributed by atoms with Gasteiger partial charge in [-0.15, -0.1) is 0 Å². The number of carbonyl (C=O) groups is 1. The average Bonchev–Trinajstić information content (AvgIpc) is 2.46. The zero-order valence-corrected chi connectivity index (χ0v) is 12.4. The zero-order valence-electron chi connectivity index (χ0n) is 12.4. The van der Waals surface area contributed by atoms with E-state index in [4.69, 9.17) is 0 Å². The first-order chi connectivity index (χ1) is 9.68. The lowest BCUT2D eigenvalue weighted by molar-refractivity contribution is -0.139. The standard InChI is InChI=1S/C17H24N2O/c1-12-6-5-7-13(2)19(12)17(20)16-11-18-10-14-8-3-4-9-15(14)16/h3-4,8-9,12-13,16,18H,5-7,10-11H2,1-2H3. The number of carbonyl (C=O) groups excluding carboxylic acids is 1. The second-order valence-corrected chi connectivity index (χ2v) is 6.26. The zero-order chi connectivity index (χ0) is 14.1. The Kier molecular flexibility index (Phi) is 3.79. The molecule has 0 radical (unpaired) electrons. The number of piperidine rings is 1. The fourth-order valence-corrected chi connectivity index (χ4v) is 3.75. The number of hydrogen-bond acceptors (Lipinski definition) is 2. The fourth-order valence-electron chi connectivity index (χ4n) is 3.75. The van der Waals surface area contributed by atoms with E-state index in [0.29, 0.717) is 18.0 Å². The third-order valence-electron chi connectivity index (χ3n) is 4.84. The van der Waals surface area contributed by atoms with E-state index in [2.05, 4.69) is 42.3 Å². The van der Waals surface area contributed by atoms with Crippen LogP contribution in [0.5, 0.6) is 0 Å². The Hall–Kier alpha value is -1.35. The number of fused-ring (bicyclic) bond motifs is 1. The molecular formula is C17H24N2O. The van der Waals surface area contributed by atoms with Crippen LogP contribution in [0.1, 0.15) is 50.2 Å². The highest BCUT2D eigenvalue weighted by Crippen LogP contribution is 2.30. The number of amides is 1. The van der Waals surface area contributed by atoms with Crippen molar-refractivity contribution in [1.82, 2.24) is 10.2 Å². The van der Waals surface area contributed by atoms with Crippen molar-refractivity contribution in [2.45, 2.75) is 57.7 Å². The van der Waals surface area contributed by atoms with E-state index >= 15 is 0 Å². The maximum atomic E-state index is 13.0. The molecule has 1 amide bonds. The van der Waals surface area contributed by atoms with Crippen LogP contribution in [0.25, 0.3) is 0 Å². The van der Waals surface area contributed by atoms with Gasteiger partial charge in [-0.3, -0.25) is 4.79 Å². The summed E-state index contributed by atoms with van der Waals surface area (Å²) in [4.78, 5) is 15.2. The third-order valence-corrected chi connectivity index (χ3v) is 4.84. The number of benzene rings is 1. The maximum absolute atomic E-state index is 13.0. The summed E-state index contributed by atoms with van der Waals surface area (Å²) < 4.78 is 0. The van der Waals surface area contributed by atoms with E-state index in [1.54, 1.807) is 0 Å². The highest BCUT2D eigenvalue weighted by molar-refractivity contribution is 5.85. The minimum absolute atomic E-state index is 0.0112. The SMILES string of the molecule is CC1CCCC(C)N1C(=O)C1CNCc2ccccc21. The van der Waals surface area contributed by atoms with Gasteiger partial charge in [0.15, 0.2) is 0 Å². The first kappa shape index (κ1) is 13.6. The van der Waals surface area contributed by atoms with E-state index in [0.717, 1.165) is 25.9 Å². The molecule has 2 aliphatic rings. The van der Waals surface area contributed by atoms with Crippen LogP contribution in [0.4, 0.5) is 0 Å². The largest absolute Gasteiger partial charge is 0.337 e. The summed E-state index contributed by atoms with van der Waals surface area (Å²) in [6.07, 6.45) is 3.52. The van der Waals surface area contributed by atoms with Crippen molar-refractivity contribution in [3.63, 3.8) is 0 Å². The van der Waals surface area contributed by atoms with Crippen molar-refractivity contribution < 1.29 is 4.79 Å². The summed E-state index contributed by atoms with van der Waals surface area (Å²) in [6, 6.07) is 9.11. The van der Waals surface area contributed by atoms with Gasteiger partial charge in [-0.2, -0.15) is 0 Å². The average molecular weight is 272 g/mol. The Labute approximate surface area is 121 Å². The van der Waals surface area contributed by atoms with Crippen LogP contribution in [0.3, 0.4) is 0 Å². The summed E-state index contributed by atoms with van der Waals surface area (Å²) in [5.74, 6) is 0.298. The van der Waals surface area contributed by atoms with Crippen LogP contribution in [0.15, 0.2) is 24.3 Å². The molecule has 3 rings (SSSR count). The topological polar surface area (TPSA) is 32.3 Å². The second-order valence-electron chi connectivity index (χ2n) is 6.26. The Balaban J connectivity index is 1.88. The lowest BCUT2D eigenvalue weighted by atomic mass is 9.87. The van der Waals surface area contributed by atoms with Crippen LogP contribution in [-0.2, 0) is 11.3 Å². The Bertz CT molecular complexity index is 490. The summed E-state index contributed by atoms with van der Waals surface area (Å²) in [7, 11) is 0. The van der Waals surface area contributed by atoms with Gasteiger partial charge in [-0.05, 0) is 44.2 Å². The van der Waals surface area contributed by atoms with E-state index < -0.39 is 0 Å². The molecule has 3 atom stereocenters. The number of nitrogens with one attached hydrogen (secondary N) is 1. The number of nitrogens with zero attached hydrogens (tertiary/aromatic N) is 1. The molecule has 0 saturated carbocycles. The fraction of sp³-hybridized carbons (Fsp3) is 0.588. The number of likely N-dealkylation sites (tertiary alicyclic amines) is 1. The molecule has 108 valence electrons. The molecule has 3 heteroatoms. The Morgan fingerprint density at radius 1 is 1.20 bits per heavy atom. The van der Waals surface area contributed by atoms with E-state index in [-0.39, 0.29) is 5.92 Å². The maximum Gasteiger partial charge on any atom is 0.231 e. The highest BCUT2D eigenvalue weighted by atomic mass is 16.2. The molecule has 1 saturated heterocycles. The molecule has 0 aliphatic carbocycles. The van der Waals surface area contributed by atoms with Crippen LogP contribution in [0.2, 0.25) is 0 Å². The molecule has 3 unspecified atom stereocenters. The van der Waals surface area contributed by atoms with Crippen LogP contribution in [0, 0.1) is 0 Å². The molecule has 1 N–H and O–H groups in total. The summed E-state index contributed by atoms with van der Waals surface area (Å²) in [6.45, 7) is 6.03. The van der Waals surface area contributed by atoms with E-state index in [1.165, 1.54) is 17.5 Å². The van der Waals surface area contributed by atoms with Gasteiger partial charge in [-0.1, -0.05) is 24.3 Å². The monoisotopic (exact) mass is 272 g/mol. The van der Waals surface area contributed by atoms with Crippen LogP contribution >= 0.6 is 0 Å². The summed E-state index contributed by atoms with van der Waals surface area (Å²) in [5.41, 5.74) is 2.50. The molecular weight excluding hydrogens is 248 g/mol. The molecule has 0 aromatic heterocycles. The molecule has 1 fully saturated rings. The van der Waals surface area contributed by atoms with Crippen molar-refractivity contribution in [2.75, 3.05) is 6.54 Å². The van der Waals surface area contributed by atoms with Gasteiger partial charge in [0, 0.05) is 25.2 Å². The highest BCUT2D eigenvalue weighted by Gasteiger charge is 2.35. The van der Waals surface area contributed by atoms with Crippen molar-refractivity contribution >= 4 is 5.91 Å².